The van der Waals surface area contributed by atoms with Crippen molar-refractivity contribution in [2.24, 2.45) is 5.92 Å². The predicted molar refractivity (Wildman–Crippen MR) is 80.0 cm³/mol. The Kier molecular flexibility index (Phi) is 5.89. The van der Waals surface area contributed by atoms with Crippen LogP contribution in [0, 0.1) is 5.92 Å². The summed E-state index contributed by atoms with van der Waals surface area (Å²) in [6, 6.07) is 3.89. The largest absolute Gasteiger partial charge is 0.481 e. The number of hydrogen-bond donors (Lipinski definition) is 2. The first-order valence-electron chi connectivity index (χ1n) is 6.94. The highest BCUT2D eigenvalue weighted by Gasteiger charge is 2.09. The fraction of sp³-hybridized carbons (Fsp3) is 0.500. The summed E-state index contributed by atoms with van der Waals surface area (Å²) in [7, 11) is 0. The van der Waals surface area contributed by atoms with Gasteiger partial charge in [-0.05, 0) is 36.8 Å². The second-order valence-corrected chi connectivity index (χ2v) is 5.94. The summed E-state index contributed by atoms with van der Waals surface area (Å²) < 4.78 is 5.20. The average Bonchev–Trinajstić information content (AvgIpc) is 3.11. The molecule has 114 valence electrons. The molecule has 0 saturated heterocycles. The number of nitrogens with one attached hydrogen (secondary N) is 1. The second-order valence-electron chi connectivity index (χ2n) is 5.00. The number of aliphatic carboxylic acids is 1. The minimum Gasteiger partial charge on any atom is -0.481 e. The Hall–Kier alpha value is -1.73. The van der Waals surface area contributed by atoms with Crippen molar-refractivity contribution in [3.8, 4) is 10.8 Å². The van der Waals surface area contributed by atoms with E-state index < -0.39 is 5.97 Å². The lowest BCUT2D eigenvalue weighted by molar-refractivity contribution is -0.137. The molecular formula is C14H19N3O3S. The van der Waals surface area contributed by atoms with Gasteiger partial charge in [-0.15, -0.1) is 11.3 Å². The molecule has 0 aromatic carbocycles. The van der Waals surface area contributed by atoms with Gasteiger partial charge in [-0.3, -0.25) is 4.79 Å². The van der Waals surface area contributed by atoms with Crippen LogP contribution in [0.25, 0.3) is 10.8 Å². The fourth-order valence-corrected chi connectivity index (χ4v) is 2.53. The molecule has 0 amide bonds. The number of hydrogen-bond acceptors (Lipinski definition) is 6. The highest BCUT2D eigenvalue weighted by atomic mass is 32.1. The van der Waals surface area contributed by atoms with Crippen LogP contribution in [-0.2, 0) is 11.3 Å². The van der Waals surface area contributed by atoms with Crippen molar-refractivity contribution in [2.75, 3.05) is 6.54 Å². The van der Waals surface area contributed by atoms with Crippen LogP contribution < -0.4 is 5.32 Å². The van der Waals surface area contributed by atoms with Crippen molar-refractivity contribution in [3.05, 3.63) is 23.3 Å². The minimum absolute atomic E-state index is 0.232. The van der Waals surface area contributed by atoms with Gasteiger partial charge < -0.3 is 14.9 Å². The molecular weight excluding hydrogens is 290 g/mol. The van der Waals surface area contributed by atoms with Gasteiger partial charge >= 0.3 is 5.97 Å². The van der Waals surface area contributed by atoms with Crippen LogP contribution in [0.4, 0.5) is 0 Å². The molecule has 2 heterocycles. The molecule has 0 spiro atoms. The molecule has 0 saturated carbocycles. The number of nitrogens with zero attached hydrogens (tertiary/aromatic N) is 2. The first-order valence-corrected chi connectivity index (χ1v) is 7.82. The first-order chi connectivity index (χ1) is 10.1. The van der Waals surface area contributed by atoms with Crippen molar-refractivity contribution in [3.63, 3.8) is 0 Å². The van der Waals surface area contributed by atoms with E-state index in [4.69, 9.17) is 9.63 Å². The normalized spacial score (nSPS) is 12.4. The molecule has 0 aliphatic heterocycles. The molecule has 2 aromatic rings. The summed E-state index contributed by atoms with van der Waals surface area (Å²) in [4.78, 5) is 15.8. The molecule has 0 aliphatic carbocycles. The molecule has 0 radical (unpaired) electrons. The minimum atomic E-state index is -0.734. The first kappa shape index (κ1) is 15.7. The van der Waals surface area contributed by atoms with Crippen LogP contribution in [0.3, 0.4) is 0 Å². The van der Waals surface area contributed by atoms with Crippen LogP contribution in [0.2, 0.25) is 0 Å². The molecule has 0 bridgehead atoms. The summed E-state index contributed by atoms with van der Waals surface area (Å²) in [5.74, 6) is 0.844. The zero-order valence-corrected chi connectivity index (χ0v) is 12.7. The number of thiophene rings is 1. The Morgan fingerprint density at radius 1 is 1.52 bits per heavy atom. The van der Waals surface area contributed by atoms with E-state index in [1.807, 2.05) is 17.5 Å². The average molecular weight is 309 g/mol. The molecule has 7 heteroatoms. The van der Waals surface area contributed by atoms with Crippen molar-refractivity contribution in [2.45, 2.75) is 32.7 Å². The Balaban J connectivity index is 1.66. The molecule has 2 rings (SSSR count). The Morgan fingerprint density at radius 3 is 3.10 bits per heavy atom. The SMILES string of the molecule is CC(CCNCc1noc(-c2cccs2)n1)CCC(=O)O. The van der Waals surface area contributed by atoms with Crippen molar-refractivity contribution >= 4 is 17.3 Å². The van der Waals surface area contributed by atoms with Gasteiger partial charge in [0.15, 0.2) is 5.82 Å². The maximum atomic E-state index is 10.5. The zero-order chi connectivity index (χ0) is 15.1. The van der Waals surface area contributed by atoms with E-state index in [1.54, 1.807) is 11.3 Å². The molecule has 21 heavy (non-hydrogen) atoms. The third kappa shape index (κ3) is 5.28. The summed E-state index contributed by atoms with van der Waals surface area (Å²) in [6.07, 6.45) is 1.88. The van der Waals surface area contributed by atoms with Gasteiger partial charge in [0.2, 0.25) is 0 Å². The lowest BCUT2D eigenvalue weighted by Gasteiger charge is -2.09. The quantitative estimate of drug-likeness (QED) is 0.692. The van der Waals surface area contributed by atoms with Crippen molar-refractivity contribution < 1.29 is 14.4 Å². The number of carbonyl (C=O) groups is 1. The Bertz CT molecular complexity index is 554. The topological polar surface area (TPSA) is 88.3 Å². The smallest absolute Gasteiger partial charge is 0.303 e. The molecule has 6 nitrogen and oxygen atoms in total. The maximum absolute atomic E-state index is 10.5. The second kappa shape index (κ2) is 7.90. The standard InChI is InChI=1S/C14H19N3O3S/c1-10(4-5-13(18)19)6-7-15-9-12-16-14(20-17-12)11-3-2-8-21-11/h2-3,8,10,15H,4-7,9H2,1H3,(H,18,19). The molecule has 2 N–H and O–H groups in total. The maximum Gasteiger partial charge on any atom is 0.303 e. The lowest BCUT2D eigenvalue weighted by Crippen LogP contribution is -2.18. The Morgan fingerprint density at radius 2 is 2.38 bits per heavy atom. The van der Waals surface area contributed by atoms with E-state index in [-0.39, 0.29) is 6.42 Å². The summed E-state index contributed by atoms with van der Waals surface area (Å²) >= 11 is 1.56. The van der Waals surface area contributed by atoms with Crippen LogP contribution in [0.1, 0.15) is 32.0 Å². The molecule has 0 aliphatic rings. The summed E-state index contributed by atoms with van der Waals surface area (Å²) in [6.45, 7) is 3.43. The highest BCUT2D eigenvalue weighted by molar-refractivity contribution is 7.13. The van der Waals surface area contributed by atoms with Gasteiger partial charge in [-0.1, -0.05) is 18.1 Å². The Labute approximate surface area is 127 Å². The van der Waals surface area contributed by atoms with Crippen LogP contribution in [0.5, 0.6) is 0 Å². The van der Waals surface area contributed by atoms with Crippen LogP contribution in [0.15, 0.2) is 22.0 Å². The van der Waals surface area contributed by atoms with Crippen molar-refractivity contribution in [1.29, 1.82) is 0 Å². The number of rotatable bonds is 9. The van der Waals surface area contributed by atoms with Crippen LogP contribution >= 0.6 is 11.3 Å². The molecule has 2 aromatic heterocycles. The van der Waals surface area contributed by atoms with E-state index >= 15 is 0 Å². The number of carboxylic acid groups (broad SMARTS) is 1. The lowest BCUT2D eigenvalue weighted by atomic mass is 10.0. The van der Waals surface area contributed by atoms with Crippen molar-refractivity contribution in [1.82, 2.24) is 15.5 Å². The van der Waals surface area contributed by atoms with E-state index in [0.717, 1.165) is 17.8 Å². The highest BCUT2D eigenvalue weighted by Crippen LogP contribution is 2.22. The van der Waals surface area contributed by atoms with Gasteiger partial charge in [0.25, 0.3) is 5.89 Å². The van der Waals surface area contributed by atoms with E-state index in [9.17, 15) is 4.79 Å². The van der Waals surface area contributed by atoms with Gasteiger partial charge in [-0.25, -0.2) is 0 Å². The molecule has 0 fully saturated rings. The van der Waals surface area contributed by atoms with E-state index in [0.29, 0.717) is 30.6 Å². The fourth-order valence-electron chi connectivity index (χ4n) is 1.89. The third-order valence-corrected chi connectivity index (χ3v) is 4.01. The third-order valence-electron chi connectivity index (χ3n) is 3.15. The van der Waals surface area contributed by atoms with Gasteiger partial charge in [-0.2, -0.15) is 4.98 Å². The summed E-state index contributed by atoms with van der Waals surface area (Å²) in [5, 5.41) is 17.8. The number of aromatic nitrogens is 2. The number of carboxylic acids is 1. The van der Waals surface area contributed by atoms with E-state index in [1.165, 1.54) is 0 Å². The predicted octanol–water partition coefficient (Wildman–Crippen LogP) is 2.78. The van der Waals surface area contributed by atoms with E-state index in [2.05, 4.69) is 22.4 Å². The molecule has 1 unspecified atom stereocenters. The van der Waals surface area contributed by atoms with Gasteiger partial charge in [0.1, 0.15) is 0 Å². The van der Waals surface area contributed by atoms with Gasteiger partial charge in [0, 0.05) is 6.42 Å². The molecule has 1 atom stereocenters. The van der Waals surface area contributed by atoms with Gasteiger partial charge in [0.05, 0.1) is 11.4 Å². The monoisotopic (exact) mass is 309 g/mol. The zero-order valence-electron chi connectivity index (χ0n) is 11.9. The summed E-state index contributed by atoms with van der Waals surface area (Å²) in [5.41, 5.74) is 0. The van der Waals surface area contributed by atoms with Crippen LogP contribution in [-0.4, -0.2) is 27.8 Å².